The van der Waals surface area contributed by atoms with E-state index in [4.69, 9.17) is 4.98 Å². The fraction of sp³-hybridized carbons (Fsp3) is 0.167. The lowest BCUT2D eigenvalue weighted by molar-refractivity contribution is 0.0981. The number of halogens is 1. The number of fused-ring (bicyclic) bond motifs is 1. The lowest BCUT2D eigenvalue weighted by Gasteiger charge is -2.11. The largest absolute Gasteiger partial charge is 0.323 e. The highest BCUT2D eigenvalue weighted by molar-refractivity contribution is 7.90. The number of sulfonamides is 1. The van der Waals surface area contributed by atoms with Gasteiger partial charge in [-0.25, -0.2) is 22.5 Å². The molecule has 1 heterocycles. The third-order valence-electron chi connectivity index (χ3n) is 5.55. The minimum Gasteiger partial charge on any atom is -0.323 e. The zero-order valence-corrected chi connectivity index (χ0v) is 17.8. The summed E-state index contributed by atoms with van der Waals surface area (Å²) >= 11 is 0. The van der Waals surface area contributed by atoms with Gasteiger partial charge in [-0.15, -0.1) is 0 Å². The number of rotatable bonds is 6. The van der Waals surface area contributed by atoms with Crippen LogP contribution >= 0.6 is 0 Å². The van der Waals surface area contributed by atoms with Crippen LogP contribution in [0.5, 0.6) is 0 Å². The van der Waals surface area contributed by atoms with Crippen LogP contribution in [0.1, 0.15) is 40.5 Å². The second-order valence-electron chi connectivity index (χ2n) is 7.87. The van der Waals surface area contributed by atoms with E-state index in [1.54, 1.807) is 54.6 Å². The molecule has 1 aliphatic rings. The van der Waals surface area contributed by atoms with Crippen molar-refractivity contribution in [2.24, 2.45) is 0 Å². The van der Waals surface area contributed by atoms with Gasteiger partial charge >= 0.3 is 0 Å². The maximum Gasteiger partial charge on any atom is 0.265 e. The van der Waals surface area contributed by atoms with E-state index in [9.17, 15) is 17.6 Å². The topological polar surface area (TPSA) is 81.1 Å². The van der Waals surface area contributed by atoms with Crippen molar-refractivity contribution in [1.29, 1.82) is 0 Å². The number of nitrogens with zero attached hydrogens (tertiary/aromatic N) is 2. The molecule has 0 bridgehead atoms. The van der Waals surface area contributed by atoms with Crippen molar-refractivity contribution < 1.29 is 17.6 Å². The monoisotopic (exact) mass is 449 g/mol. The highest BCUT2D eigenvalue weighted by Gasteiger charge is 2.30. The first-order valence-corrected chi connectivity index (χ1v) is 11.8. The van der Waals surface area contributed by atoms with Crippen LogP contribution in [-0.4, -0.2) is 23.9 Å². The molecule has 6 nitrogen and oxygen atoms in total. The van der Waals surface area contributed by atoms with Crippen LogP contribution in [-0.2, 0) is 16.6 Å². The molecule has 5 rings (SSSR count). The summed E-state index contributed by atoms with van der Waals surface area (Å²) in [6, 6.07) is 19.1. The normalized spacial score (nSPS) is 13.9. The van der Waals surface area contributed by atoms with Gasteiger partial charge in [0.15, 0.2) is 0 Å². The van der Waals surface area contributed by atoms with Gasteiger partial charge in [-0.3, -0.25) is 4.79 Å². The Bertz CT molecular complexity index is 1430. The van der Waals surface area contributed by atoms with Crippen molar-refractivity contribution in [1.82, 2.24) is 14.3 Å². The summed E-state index contributed by atoms with van der Waals surface area (Å²) in [5, 5.41) is 0. The molecule has 1 fully saturated rings. The number of aromatic nitrogens is 2. The zero-order chi connectivity index (χ0) is 22.3. The van der Waals surface area contributed by atoms with E-state index >= 15 is 0 Å². The Kier molecular flexibility index (Phi) is 5.01. The molecule has 162 valence electrons. The predicted octanol–water partition coefficient (Wildman–Crippen LogP) is 4.22. The second-order valence-corrected chi connectivity index (χ2v) is 9.56. The number of carbonyl (C=O) groups excluding carboxylic acids is 1. The van der Waals surface area contributed by atoms with E-state index < -0.39 is 15.9 Å². The Morgan fingerprint density at radius 2 is 1.75 bits per heavy atom. The summed E-state index contributed by atoms with van der Waals surface area (Å²) in [6.45, 7) is 0.280. The van der Waals surface area contributed by atoms with Gasteiger partial charge in [-0.1, -0.05) is 36.4 Å². The second kappa shape index (κ2) is 7.87. The quantitative estimate of drug-likeness (QED) is 0.478. The number of nitrogens with one attached hydrogen (secondary N) is 1. The van der Waals surface area contributed by atoms with Crippen molar-refractivity contribution in [3.05, 3.63) is 95.6 Å². The summed E-state index contributed by atoms with van der Waals surface area (Å²) in [7, 11) is -4.00. The average Bonchev–Trinajstić information content (AvgIpc) is 3.57. The van der Waals surface area contributed by atoms with Gasteiger partial charge in [0.2, 0.25) is 0 Å². The van der Waals surface area contributed by atoms with Crippen LogP contribution in [0.15, 0.2) is 77.7 Å². The van der Waals surface area contributed by atoms with Crippen molar-refractivity contribution >= 4 is 27.0 Å². The average molecular weight is 450 g/mol. The lowest BCUT2D eigenvalue weighted by Crippen LogP contribution is -2.30. The first kappa shape index (κ1) is 20.4. The molecule has 0 aliphatic heterocycles. The molecule has 0 spiro atoms. The summed E-state index contributed by atoms with van der Waals surface area (Å²) < 4.78 is 43.4. The smallest absolute Gasteiger partial charge is 0.265 e. The van der Waals surface area contributed by atoms with E-state index in [-0.39, 0.29) is 22.8 Å². The highest BCUT2D eigenvalue weighted by Crippen LogP contribution is 2.41. The molecule has 1 saturated carbocycles. The van der Waals surface area contributed by atoms with Crippen molar-refractivity contribution in [2.45, 2.75) is 30.2 Å². The van der Waals surface area contributed by atoms with Crippen LogP contribution < -0.4 is 4.72 Å². The van der Waals surface area contributed by atoms with Crippen LogP contribution in [0.3, 0.4) is 0 Å². The summed E-state index contributed by atoms with van der Waals surface area (Å²) in [5.74, 6) is 0.129. The third kappa shape index (κ3) is 3.89. The van der Waals surface area contributed by atoms with Gasteiger partial charge in [0.05, 0.1) is 22.5 Å². The Balaban J connectivity index is 1.52. The first-order chi connectivity index (χ1) is 15.4. The van der Waals surface area contributed by atoms with Crippen molar-refractivity contribution in [2.75, 3.05) is 0 Å². The highest BCUT2D eigenvalue weighted by atomic mass is 32.2. The maximum atomic E-state index is 14.3. The Hall–Kier alpha value is -3.52. The van der Waals surface area contributed by atoms with Crippen LogP contribution in [0, 0.1) is 5.82 Å². The van der Waals surface area contributed by atoms with E-state index in [2.05, 4.69) is 4.72 Å². The Morgan fingerprint density at radius 1 is 1.03 bits per heavy atom. The van der Waals surface area contributed by atoms with Crippen LogP contribution in [0.25, 0.3) is 11.0 Å². The summed E-state index contributed by atoms with van der Waals surface area (Å²) in [5.41, 5.74) is 2.06. The molecule has 0 unspecified atom stereocenters. The standard InChI is InChI=1S/C24H20FN3O3S/c25-20-9-5-4-6-18(20)15-28-22-14-17(12-13-21(22)26-23(28)16-10-11-16)24(29)27-32(30,31)19-7-2-1-3-8-19/h1-9,12-14,16H,10-11,15H2,(H,27,29). The third-order valence-corrected chi connectivity index (χ3v) is 6.90. The number of amides is 1. The number of hydrogen-bond acceptors (Lipinski definition) is 4. The first-order valence-electron chi connectivity index (χ1n) is 10.3. The predicted molar refractivity (Wildman–Crippen MR) is 118 cm³/mol. The van der Waals surface area contributed by atoms with Gasteiger partial charge in [-0.2, -0.15) is 0 Å². The van der Waals surface area contributed by atoms with Crippen molar-refractivity contribution in [3.8, 4) is 0 Å². The van der Waals surface area contributed by atoms with Crippen LogP contribution in [0.4, 0.5) is 4.39 Å². The van der Waals surface area contributed by atoms with Crippen molar-refractivity contribution in [3.63, 3.8) is 0 Å². The molecule has 3 aromatic carbocycles. The number of carbonyl (C=O) groups is 1. The minimum absolute atomic E-state index is 0.00930. The molecule has 1 N–H and O–H groups in total. The van der Waals surface area contributed by atoms with Gasteiger partial charge in [-0.05, 0) is 49.2 Å². The molecular weight excluding hydrogens is 429 g/mol. The molecule has 1 aliphatic carbocycles. The summed E-state index contributed by atoms with van der Waals surface area (Å²) in [6.07, 6.45) is 2.03. The molecule has 32 heavy (non-hydrogen) atoms. The molecule has 1 amide bonds. The molecule has 0 atom stereocenters. The van der Waals surface area contributed by atoms with Crippen LogP contribution in [0.2, 0.25) is 0 Å². The van der Waals surface area contributed by atoms with E-state index in [1.165, 1.54) is 18.2 Å². The van der Waals surface area contributed by atoms with Gasteiger partial charge < -0.3 is 4.57 Å². The Morgan fingerprint density at radius 3 is 2.47 bits per heavy atom. The molecule has 4 aromatic rings. The molecule has 0 saturated heterocycles. The van der Waals surface area contributed by atoms with E-state index in [0.717, 1.165) is 18.7 Å². The summed E-state index contributed by atoms with van der Waals surface area (Å²) in [4.78, 5) is 17.5. The molecular formula is C24H20FN3O3S. The zero-order valence-electron chi connectivity index (χ0n) is 17.0. The molecule has 0 radical (unpaired) electrons. The number of hydrogen-bond donors (Lipinski definition) is 1. The number of imidazole rings is 1. The lowest BCUT2D eigenvalue weighted by atomic mass is 10.1. The van der Waals surface area contributed by atoms with E-state index in [1.807, 2.05) is 4.57 Å². The SMILES string of the molecule is O=C(NS(=O)(=O)c1ccccc1)c1ccc2nc(C3CC3)n(Cc3ccccc3F)c2c1. The molecule has 8 heteroatoms. The fourth-order valence-electron chi connectivity index (χ4n) is 3.74. The van der Waals surface area contributed by atoms with Gasteiger partial charge in [0.25, 0.3) is 15.9 Å². The molecule has 1 aromatic heterocycles. The van der Waals surface area contributed by atoms with Gasteiger partial charge in [0, 0.05) is 17.0 Å². The minimum atomic E-state index is -4.00. The Labute approximate surface area is 184 Å². The number of benzene rings is 3. The van der Waals surface area contributed by atoms with Gasteiger partial charge in [0.1, 0.15) is 11.6 Å². The maximum absolute atomic E-state index is 14.3. The fourth-order valence-corrected chi connectivity index (χ4v) is 4.73. The van der Waals surface area contributed by atoms with E-state index in [0.29, 0.717) is 22.5 Å².